The number of aryl methyl sites for hydroxylation is 1. The third kappa shape index (κ3) is 4.14. The van der Waals surface area contributed by atoms with Crippen LogP contribution in [0.3, 0.4) is 0 Å². The van der Waals surface area contributed by atoms with E-state index in [1.54, 1.807) is 43.3 Å². The number of carbonyl (C=O) groups is 2. The molecule has 27 heavy (non-hydrogen) atoms. The first kappa shape index (κ1) is 18.2. The summed E-state index contributed by atoms with van der Waals surface area (Å²) in [6.45, 7) is 1.47. The molecule has 1 aromatic heterocycles. The van der Waals surface area contributed by atoms with Crippen molar-refractivity contribution < 1.29 is 23.5 Å². The number of esters is 1. The van der Waals surface area contributed by atoms with E-state index in [1.165, 1.54) is 19.2 Å². The highest BCUT2D eigenvalue weighted by Crippen LogP contribution is 2.21. The number of benzene rings is 2. The van der Waals surface area contributed by atoms with Crippen LogP contribution in [0.5, 0.6) is 5.75 Å². The summed E-state index contributed by atoms with van der Waals surface area (Å²) in [5, 5.41) is 3.39. The van der Waals surface area contributed by atoms with Gasteiger partial charge < -0.3 is 19.2 Å². The van der Waals surface area contributed by atoms with Gasteiger partial charge in [0.1, 0.15) is 11.3 Å². The van der Waals surface area contributed by atoms with E-state index in [0.717, 1.165) is 5.39 Å². The van der Waals surface area contributed by atoms with Crippen LogP contribution in [0.1, 0.15) is 15.9 Å². The highest BCUT2D eigenvalue weighted by molar-refractivity contribution is 6.02. The fraction of sp³-hybridized carbons (Fsp3) is 0.150. The average Bonchev–Trinajstić information content (AvgIpc) is 2.65. The minimum Gasteiger partial charge on any atom is -0.484 e. The highest BCUT2D eigenvalue weighted by atomic mass is 16.5. The van der Waals surface area contributed by atoms with Crippen LogP contribution in [-0.4, -0.2) is 25.6 Å². The largest absolute Gasteiger partial charge is 0.484 e. The summed E-state index contributed by atoms with van der Waals surface area (Å²) in [4.78, 5) is 35.4. The lowest BCUT2D eigenvalue weighted by Crippen LogP contribution is -2.22. The summed E-state index contributed by atoms with van der Waals surface area (Å²) in [7, 11) is 1.28. The van der Waals surface area contributed by atoms with Crippen molar-refractivity contribution in [2.45, 2.75) is 6.92 Å². The molecule has 0 unspecified atom stereocenters. The van der Waals surface area contributed by atoms with Crippen LogP contribution in [0.2, 0.25) is 0 Å². The van der Waals surface area contributed by atoms with Gasteiger partial charge in [-0.1, -0.05) is 12.1 Å². The maximum absolute atomic E-state index is 12.2. The van der Waals surface area contributed by atoms with Crippen molar-refractivity contribution in [3.05, 3.63) is 70.1 Å². The molecule has 3 aromatic rings. The monoisotopic (exact) mass is 367 g/mol. The van der Waals surface area contributed by atoms with Gasteiger partial charge in [-0.15, -0.1) is 0 Å². The number of methoxy groups -OCH3 is 1. The van der Waals surface area contributed by atoms with Crippen LogP contribution in [0.4, 0.5) is 5.69 Å². The number of ether oxygens (including phenoxy) is 2. The summed E-state index contributed by atoms with van der Waals surface area (Å²) in [6, 6.07) is 13.0. The number of carbonyl (C=O) groups excluding carboxylic acids is 2. The van der Waals surface area contributed by atoms with Gasteiger partial charge in [0.05, 0.1) is 18.4 Å². The Hall–Kier alpha value is -3.61. The molecule has 3 rings (SSSR count). The Balaban J connectivity index is 1.71. The lowest BCUT2D eigenvalue weighted by Gasteiger charge is -2.12. The lowest BCUT2D eigenvalue weighted by molar-refractivity contribution is -0.118. The van der Waals surface area contributed by atoms with Gasteiger partial charge in [-0.25, -0.2) is 9.59 Å². The molecule has 0 aliphatic rings. The van der Waals surface area contributed by atoms with Gasteiger partial charge in [0.15, 0.2) is 6.61 Å². The van der Waals surface area contributed by atoms with Crippen molar-refractivity contribution in [2.24, 2.45) is 0 Å². The Morgan fingerprint density at radius 2 is 1.89 bits per heavy atom. The fourth-order valence-corrected chi connectivity index (χ4v) is 2.61. The van der Waals surface area contributed by atoms with Crippen molar-refractivity contribution in [2.75, 3.05) is 19.0 Å². The first-order valence-corrected chi connectivity index (χ1v) is 8.12. The van der Waals surface area contributed by atoms with E-state index in [-0.39, 0.29) is 6.61 Å². The van der Waals surface area contributed by atoms with E-state index in [2.05, 4.69) is 5.32 Å². The van der Waals surface area contributed by atoms with Crippen LogP contribution in [0.25, 0.3) is 11.0 Å². The standard InChI is InChI=1S/C20H17NO6/c1-12-4-3-5-15(19(12)20(24)25-2)21-17(22)11-26-14-8-6-13-7-9-18(23)27-16(13)10-14/h3-10H,11H2,1-2H3,(H,21,22). The van der Waals surface area contributed by atoms with Crippen LogP contribution in [0, 0.1) is 6.92 Å². The second kappa shape index (κ2) is 7.74. The van der Waals surface area contributed by atoms with Crippen molar-refractivity contribution in [1.29, 1.82) is 0 Å². The molecular weight excluding hydrogens is 350 g/mol. The zero-order valence-corrected chi connectivity index (χ0v) is 14.8. The normalized spacial score (nSPS) is 10.4. The summed E-state index contributed by atoms with van der Waals surface area (Å²) < 4.78 is 15.3. The van der Waals surface area contributed by atoms with Gasteiger partial charge in [-0.05, 0) is 36.8 Å². The number of nitrogens with one attached hydrogen (secondary N) is 1. The molecule has 138 valence electrons. The lowest BCUT2D eigenvalue weighted by atomic mass is 10.1. The Morgan fingerprint density at radius 3 is 2.67 bits per heavy atom. The molecule has 0 saturated heterocycles. The molecule has 1 amide bonds. The van der Waals surface area contributed by atoms with Crippen LogP contribution < -0.4 is 15.7 Å². The van der Waals surface area contributed by atoms with Gasteiger partial charge in [0, 0.05) is 17.5 Å². The Labute approximate surface area is 154 Å². The van der Waals surface area contributed by atoms with Gasteiger partial charge in [-0.2, -0.15) is 0 Å². The minimum absolute atomic E-state index is 0.281. The van der Waals surface area contributed by atoms with Gasteiger partial charge in [-0.3, -0.25) is 4.79 Å². The van der Waals surface area contributed by atoms with E-state index in [9.17, 15) is 14.4 Å². The van der Waals surface area contributed by atoms with Gasteiger partial charge >= 0.3 is 11.6 Å². The number of fused-ring (bicyclic) bond motifs is 1. The summed E-state index contributed by atoms with van der Waals surface area (Å²) in [6.07, 6.45) is 0. The fourth-order valence-electron chi connectivity index (χ4n) is 2.61. The van der Waals surface area contributed by atoms with E-state index >= 15 is 0 Å². The molecule has 2 aromatic carbocycles. The summed E-state index contributed by atoms with van der Waals surface area (Å²) in [5.74, 6) is -0.598. The molecular formula is C20H17NO6. The van der Waals surface area contributed by atoms with Crippen LogP contribution >= 0.6 is 0 Å². The Morgan fingerprint density at radius 1 is 1.11 bits per heavy atom. The van der Waals surface area contributed by atoms with Crippen molar-refractivity contribution >= 4 is 28.5 Å². The second-order valence-electron chi connectivity index (χ2n) is 5.78. The first-order valence-electron chi connectivity index (χ1n) is 8.12. The number of hydrogen-bond acceptors (Lipinski definition) is 6. The van der Waals surface area contributed by atoms with Crippen LogP contribution in [0.15, 0.2) is 57.7 Å². The molecule has 0 spiro atoms. The number of anilines is 1. The molecule has 0 radical (unpaired) electrons. The van der Waals surface area contributed by atoms with E-state index in [4.69, 9.17) is 13.9 Å². The third-order valence-electron chi connectivity index (χ3n) is 3.90. The molecule has 0 fully saturated rings. The SMILES string of the molecule is COC(=O)c1c(C)cccc1NC(=O)COc1ccc2ccc(=O)oc2c1. The molecule has 7 nitrogen and oxygen atoms in total. The number of rotatable bonds is 5. The minimum atomic E-state index is -0.533. The second-order valence-corrected chi connectivity index (χ2v) is 5.78. The molecule has 0 aliphatic heterocycles. The maximum Gasteiger partial charge on any atom is 0.340 e. The van der Waals surface area contributed by atoms with Crippen LogP contribution in [-0.2, 0) is 9.53 Å². The van der Waals surface area contributed by atoms with Crippen molar-refractivity contribution in [1.82, 2.24) is 0 Å². The highest BCUT2D eigenvalue weighted by Gasteiger charge is 2.16. The van der Waals surface area contributed by atoms with E-state index in [1.807, 2.05) is 0 Å². The predicted octanol–water partition coefficient (Wildman–Crippen LogP) is 2.91. The molecule has 0 aliphatic carbocycles. The number of hydrogen-bond donors (Lipinski definition) is 1. The summed E-state index contributed by atoms with van der Waals surface area (Å²) >= 11 is 0. The van der Waals surface area contributed by atoms with Gasteiger partial charge in [0.2, 0.25) is 0 Å². The van der Waals surface area contributed by atoms with E-state index < -0.39 is 17.5 Å². The molecule has 7 heteroatoms. The average molecular weight is 367 g/mol. The predicted molar refractivity (Wildman–Crippen MR) is 99.1 cm³/mol. The number of amides is 1. The Kier molecular flexibility index (Phi) is 5.21. The third-order valence-corrected chi connectivity index (χ3v) is 3.90. The van der Waals surface area contributed by atoms with Gasteiger partial charge in [0.25, 0.3) is 5.91 Å². The van der Waals surface area contributed by atoms with Crippen molar-refractivity contribution in [3.63, 3.8) is 0 Å². The smallest absolute Gasteiger partial charge is 0.340 e. The van der Waals surface area contributed by atoms with Crippen molar-refractivity contribution in [3.8, 4) is 5.75 Å². The first-order chi connectivity index (χ1) is 13.0. The molecule has 0 saturated carbocycles. The molecule has 1 N–H and O–H groups in total. The molecule has 0 atom stereocenters. The molecule has 0 bridgehead atoms. The zero-order valence-electron chi connectivity index (χ0n) is 14.8. The topological polar surface area (TPSA) is 94.8 Å². The Bertz CT molecular complexity index is 1070. The van der Waals surface area contributed by atoms with E-state index in [0.29, 0.717) is 28.1 Å². The quantitative estimate of drug-likeness (QED) is 0.550. The summed E-state index contributed by atoms with van der Waals surface area (Å²) in [5.41, 5.74) is 1.23. The zero-order chi connectivity index (χ0) is 19.4. The molecule has 1 heterocycles. The maximum atomic E-state index is 12.2.